The van der Waals surface area contributed by atoms with Crippen LogP contribution in [0.25, 0.3) is 5.76 Å². The number of nitrogens with one attached hydrogen (secondary N) is 1. The van der Waals surface area contributed by atoms with Crippen LogP contribution in [0.4, 0.5) is 0 Å². The highest BCUT2D eigenvalue weighted by atomic mass is 16.5. The van der Waals surface area contributed by atoms with E-state index in [0.717, 1.165) is 25.2 Å². The molecule has 1 atom stereocenters. The number of hydrogen-bond acceptors (Lipinski definition) is 5. The van der Waals surface area contributed by atoms with Gasteiger partial charge in [0, 0.05) is 5.56 Å². The van der Waals surface area contributed by atoms with Crippen LogP contribution in [0.5, 0.6) is 5.75 Å². The summed E-state index contributed by atoms with van der Waals surface area (Å²) in [4.78, 5) is 29.1. The quantitative estimate of drug-likeness (QED) is 0.381. The summed E-state index contributed by atoms with van der Waals surface area (Å²) in [5, 5.41) is 11.2. The first kappa shape index (κ1) is 23.0. The highest BCUT2D eigenvalue weighted by molar-refractivity contribution is 6.46. The maximum atomic E-state index is 13.1. The van der Waals surface area contributed by atoms with Crippen LogP contribution in [0.3, 0.4) is 0 Å². The van der Waals surface area contributed by atoms with Crippen molar-refractivity contribution in [1.82, 2.24) is 4.90 Å². The van der Waals surface area contributed by atoms with Gasteiger partial charge in [0.15, 0.2) is 0 Å². The lowest BCUT2D eigenvalue weighted by Gasteiger charge is -2.29. The Hall–Kier alpha value is -3.16. The molecule has 2 fully saturated rings. The second-order valence-electron chi connectivity index (χ2n) is 8.71. The molecule has 0 unspecified atom stereocenters. The molecular formula is C26H31N2O5+. The highest BCUT2D eigenvalue weighted by Crippen LogP contribution is 2.39. The minimum absolute atomic E-state index is 0.0291. The summed E-state index contributed by atoms with van der Waals surface area (Å²) in [6, 6.07) is 15.7. The SMILES string of the molecule is CC(C)Oc1ccc(/C(O)=C2\C(=O)C(=O)N(CC[NH+]3CCOCC3)[C@@H]2c2ccccc2)cc1. The molecule has 33 heavy (non-hydrogen) atoms. The number of ketones is 1. The number of ether oxygens (including phenoxy) is 2. The normalized spacial score (nSPS) is 21.1. The van der Waals surface area contributed by atoms with Crippen molar-refractivity contribution in [2.45, 2.75) is 26.0 Å². The Labute approximate surface area is 194 Å². The molecule has 0 radical (unpaired) electrons. The molecule has 0 spiro atoms. The molecule has 0 saturated carbocycles. The first-order chi connectivity index (χ1) is 16.0. The second kappa shape index (κ2) is 10.2. The molecule has 2 saturated heterocycles. The fraction of sp³-hybridized carbons (Fsp3) is 0.385. The maximum absolute atomic E-state index is 13.1. The minimum Gasteiger partial charge on any atom is -0.507 e. The molecule has 2 heterocycles. The van der Waals surface area contributed by atoms with Gasteiger partial charge in [-0.15, -0.1) is 0 Å². The molecule has 0 aromatic heterocycles. The van der Waals surface area contributed by atoms with E-state index in [4.69, 9.17) is 9.47 Å². The molecule has 2 aliphatic heterocycles. The lowest BCUT2D eigenvalue weighted by Crippen LogP contribution is -3.14. The molecule has 2 aliphatic rings. The van der Waals surface area contributed by atoms with Crippen LogP contribution in [0.15, 0.2) is 60.2 Å². The van der Waals surface area contributed by atoms with E-state index >= 15 is 0 Å². The number of nitrogens with zero attached hydrogens (tertiary/aromatic N) is 1. The fourth-order valence-electron chi connectivity index (χ4n) is 4.40. The van der Waals surface area contributed by atoms with Gasteiger partial charge in [-0.05, 0) is 43.7 Å². The number of quaternary nitrogens is 1. The average Bonchev–Trinajstić information content (AvgIpc) is 3.08. The highest BCUT2D eigenvalue weighted by Gasteiger charge is 2.46. The van der Waals surface area contributed by atoms with Crippen LogP contribution in [0, 0.1) is 0 Å². The predicted octanol–water partition coefficient (Wildman–Crippen LogP) is 1.81. The molecule has 0 bridgehead atoms. The first-order valence-corrected chi connectivity index (χ1v) is 11.5. The van der Waals surface area contributed by atoms with E-state index in [1.165, 1.54) is 4.90 Å². The third-order valence-electron chi connectivity index (χ3n) is 6.06. The smallest absolute Gasteiger partial charge is 0.295 e. The zero-order valence-corrected chi connectivity index (χ0v) is 19.1. The summed E-state index contributed by atoms with van der Waals surface area (Å²) in [5.41, 5.74) is 1.40. The van der Waals surface area contributed by atoms with E-state index in [9.17, 15) is 14.7 Å². The number of rotatable bonds is 7. The van der Waals surface area contributed by atoms with Crippen molar-refractivity contribution in [3.8, 4) is 5.75 Å². The molecular weight excluding hydrogens is 420 g/mol. The number of likely N-dealkylation sites (tertiary alicyclic amines) is 1. The Kier molecular flexibility index (Phi) is 7.11. The van der Waals surface area contributed by atoms with Gasteiger partial charge in [-0.3, -0.25) is 9.59 Å². The summed E-state index contributed by atoms with van der Waals surface area (Å²) in [6.45, 7) is 8.19. The number of aliphatic hydroxyl groups is 1. The fourth-order valence-corrected chi connectivity index (χ4v) is 4.40. The van der Waals surface area contributed by atoms with Gasteiger partial charge < -0.3 is 24.4 Å². The standard InChI is InChI=1S/C26H30N2O5/c1-18(2)33-21-10-8-20(9-11-21)24(29)22-23(19-6-4-3-5-7-19)28(26(31)25(22)30)13-12-27-14-16-32-17-15-27/h3-11,18,23,29H,12-17H2,1-2H3/p+1/b24-22+/t23-/m1/s1. The van der Waals surface area contributed by atoms with Crippen molar-refractivity contribution < 1.29 is 29.1 Å². The zero-order chi connectivity index (χ0) is 23.4. The molecule has 2 N–H and O–H groups in total. The van der Waals surface area contributed by atoms with Gasteiger partial charge in [0.25, 0.3) is 11.7 Å². The monoisotopic (exact) mass is 451 g/mol. The van der Waals surface area contributed by atoms with Crippen molar-refractivity contribution >= 4 is 17.4 Å². The topological polar surface area (TPSA) is 80.5 Å². The number of Topliss-reactive ketones (excluding diaryl/α,β-unsaturated/α-hetero) is 1. The Balaban J connectivity index is 1.67. The van der Waals surface area contributed by atoms with Gasteiger partial charge in [0.1, 0.15) is 24.6 Å². The van der Waals surface area contributed by atoms with Gasteiger partial charge in [0.2, 0.25) is 0 Å². The largest absolute Gasteiger partial charge is 0.507 e. The van der Waals surface area contributed by atoms with Crippen molar-refractivity contribution in [1.29, 1.82) is 0 Å². The van der Waals surface area contributed by atoms with Crippen molar-refractivity contribution in [2.75, 3.05) is 39.4 Å². The lowest BCUT2D eigenvalue weighted by atomic mass is 9.95. The van der Waals surface area contributed by atoms with Crippen LogP contribution in [0.2, 0.25) is 0 Å². The third kappa shape index (κ3) is 5.10. The Morgan fingerprint density at radius 2 is 1.76 bits per heavy atom. The van der Waals surface area contributed by atoms with E-state index in [0.29, 0.717) is 31.1 Å². The van der Waals surface area contributed by atoms with Gasteiger partial charge in [-0.1, -0.05) is 30.3 Å². The number of morpholine rings is 1. The molecule has 2 aromatic rings. The van der Waals surface area contributed by atoms with Crippen LogP contribution in [-0.4, -0.2) is 67.2 Å². The zero-order valence-electron chi connectivity index (χ0n) is 19.1. The molecule has 1 amide bonds. The summed E-state index contributed by atoms with van der Waals surface area (Å²) in [7, 11) is 0. The van der Waals surface area contributed by atoms with E-state index in [1.807, 2.05) is 44.2 Å². The third-order valence-corrected chi connectivity index (χ3v) is 6.06. The summed E-state index contributed by atoms with van der Waals surface area (Å²) < 4.78 is 11.1. The molecule has 4 rings (SSSR count). The molecule has 0 aliphatic carbocycles. The molecule has 7 nitrogen and oxygen atoms in total. The van der Waals surface area contributed by atoms with Gasteiger partial charge >= 0.3 is 0 Å². The van der Waals surface area contributed by atoms with Crippen LogP contribution < -0.4 is 9.64 Å². The number of benzene rings is 2. The minimum atomic E-state index is -0.652. The van der Waals surface area contributed by atoms with Gasteiger partial charge in [-0.2, -0.15) is 0 Å². The van der Waals surface area contributed by atoms with Crippen LogP contribution in [0.1, 0.15) is 31.0 Å². The summed E-state index contributed by atoms with van der Waals surface area (Å²) in [6.07, 6.45) is 0.0291. The van der Waals surface area contributed by atoms with E-state index in [-0.39, 0.29) is 17.4 Å². The molecule has 7 heteroatoms. The summed E-state index contributed by atoms with van der Waals surface area (Å²) in [5.74, 6) is -0.715. The summed E-state index contributed by atoms with van der Waals surface area (Å²) >= 11 is 0. The average molecular weight is 452 g/mol. The lowest BCUT2D eigenvalue weighted by molar-refractivity contribution is -0.907. The van der Waals surface area contributed by atoms with Crippen LogP contribution in [-0.2, 0) is 14.3 Å². The maximum Gasteiger partial charge on any atom is 0.295 e. The van der Waals surface area contributed by atoms with Gasteiger partial charge in [-0.25, -0.2) is 0 Å². The number of amides is 1. The van der Waals surface area contributed by atoms with Gasteiger partial charge in [0.05, 0.1) is 44.0 Å². The molecule has 2 aromatic carbocycles. The van der Waals surface area contributed by atoms with Crippen molar-refractivity contribution in [3.63, 3.8) is 0 Å². The van der Waals surface area contributed by atoms with Crippen molar-refractivity contribution in [2.24, 2.45) is 0 Å². The van der Waals surface area contributed by atoms with E-state index < -0.39 is 17.7 Å². The Morgan fingerprint density at radius 3 is 2.39 bits per heavy atom. The first-order valence-electron chi connectivity index (χ1n) is 11.5. The second-order valence-corrected chi connectivity index (χ2v) is 8.71. The predicted molar refractivity (Wildman–Crippen MR) is 124 cm³/mol. The number of hydrogen-bond donors (Lipinski definition) is 2. The van der Waals surface area contributed by atoms with Crippen LogP contribution >= 0.6 is 0 Å². The van der Waals surface area contributed by atoms with E-state index in [2.05, 4.69) is 0 Å². The van der Waals surface area contributed by atoms with E-state index in [1.54, 1.807) is 29.2 Å². The number of carbonyl (C=O) groups is 2. The Morgan fingerprint density at radius 1 is 1.09 bits per heavy atom. The molecule has 174 valence electrons. The number of carbonyl (C=O) groups excluding carboxylic acids is 2. The number of aliphatic hydroxyl groups excluding tert-OH is 1. The van der Waals surface area contributed by atoms with Crippen molar-refractivity contribution in [3.05, 3.63) is 71.3 Å². The Bertz CT molecular complexity index is 1010.